The lowest BCUT2D eigenvalue weighted by atomic mass is 10.0. The standard InChI is InChI=1S/C73H133N2O7P/c1-7-10-13-16-19-22-25-28-30-32-34-35-36-37-38-39-41-42-44-47-50-53-56-59-62-65-72(76)74-70(69-81-83(78,79)80-68-67-75(4,5)6)71(64-61-58-55-52-49-46-27-24-21-18-15-12-9-3)82-73(77)66-63-60-57-54-51-48-45-43-40-33-31-29-26-23-20-17-14-11-8-2/h10,13,19,22,28,30,34-35,37-38,41-42,61,64,70-71H,7-9,11-12,14-18,20-21,23-27,29,31-33,36,39-40,43-60,62-63,65-69H2,1-6H3,(H-,74,76,78,79)/p+1/b13-10-,22-19-,30-28-,35-34-,38-37-,42-41-,64-61-. The lowest BCUT2D eigenvalue weighted by Crippen LogP contribution is -2.47. The molecule has 83 heavy (non-hydrogen) atoms. The SMILES string of the molecule is CC/C=C\C/C=C\C/C=C\C/C=C\C/C=C\C/C=C\CCCCCCCCC(=O)NC(COP(=O)(O)OCC[N+](C)(C)C)C(/C=C\CCCCCCCCCCCCC)OC(=O)CCCCCCCCCCCCCCCCCCCCC. The number of allylic oxidation sites excluding steroid dienone is 13. The number of nitrogens with zero attached hydrogens (tertiary/aromatic N) is 1. The van der Waals surface area contributed by atoms with Gasteiger partial charge >= 0.3 is 13.8 Å². The summed E-state index contributed by atoms with van der Waals surface area (Å²) in [4.78, 5) is 37.9. The first-order chi connectivity index (χ1) is 40.4. The molecular weight excluding hydrogens is 1050 g/mol. The zero-order valence-corrected chi connectivity index (χ0v) is 56.1. The smallest absolute Gasteiger partial charge is 0.456 e. The van der Waals surface area contributed by atoms with Crippen molar-refractivity contribution >= 4 is 19.7 Å². The Hall–Kier alpha value is -2.81. The number of unbranched alkanes of at least 4 members (excludes halogenated alkanes) is 35. The topological polar surface area (TPSA) is 111 Å². The van der Waals surface area contributed by atoms with E-state index in [9.17, 15) is 19.0 Å². The maximum absolute atomic E-state index is 13.6. The van der Waals surface area contributed by atoms with Gasteiger partial charge in [-0.05, 0) is 83.1 Å². The van der Waals surface area contributed by atoms with Crippen LogP contribution < -0.4 is 5.32 Å². The molecule has 3 unspecified atom stereocenters. The quantitative estimate of drug-likeness (QED) is 0.0205. The number of amides is 1. The highest BCUT2D eigenvalue weighted by molar-refractivity contribution is 7.47. The summed E-state index contributed by atoms with van der Waals surface area (Å²) < 4.78 is 30.8. The fourth-order valence-corrected chi connectivity index (χ4v) is 10.7. The number of rotatable bonds is 63. The molecule has 3 atom stereocenters. The summed E-state index contributed by atoms with van der Waals surface area (Å²) in [6.07, 6.45) is 83.0. The second-order valence-electron chi connectivity index (χ2n) is 24.7. The molecule has 0 bridgehead atoms. The molecular formula is C73H134N2O7P+. The van der Waals surface area contributed by atoms with E-state index < -0.39 is 20.0 Å². The van der Waals surface area contributed by atoms with E-state index in [0.717, 1.165) is 122 Å². The molecule has 2 N–H and O–H groups in total. The van der Waals surface area contributed by atoms with Gasteiger partial charge in [-0.15, -0.1) is 0 Å². The van der Waals surface area contributed by atoms with Crippen molar-refractivity contribution in [3.63, 3.8) is 0 Å². The fraction of sp³-hybridized carbons (Fsp3) is 0.781. The van der Waals surface area contributed by atoms with Gasteiger partial charge in [-0.25, -0.2) is 4.57 Å². The number of nitrogens with one attached hydrogen (secondary N) is 1. The predicted molar refractivity (Wildman–Crippen MR) is 360 cm³/mol. The number of carbonyl (C=O) groups is 2. The van der Waals surface area contributed by atoms with E-state index in [0.29, 0.717) is 17.4 Å². The maximum Gasteiger partial charge on any atom is 0.472 e. The van der Waals surface area contributed by atoms with Crippen molar-refractivity contribution in [2.24, 2.45) is 0 Å². The van der Waals surface area contributed by atoms with Crippen LogP contribution in [0.4, 0.5) is 0 Å². The van der Waals surface area contributed by atoms with Gasteiger partial charge in [0.05, 0.1) is 33.8 Å². The average Bonchev–Trinajstić information content (AvgIpc) is 3.46. The van der Waals surface area contributed by atoms with E-state index in [1.165, 1.54) is 161 Å². The van der Waals surface area contributed by atoms with Crippen molar-refractivity contribution in [1.29, 1.82) is 0 Å². The predicted octanol–water partition coefficient (Wildman–Crippen LogP) is 22.1. The third-order valence-electron chi connectivity index (χ3n) is 15.3. The van der Waals surface area contributed by atoms with Crippen LogP contribution in [0.2, 0.25) is 0 Å². The number of phosphoric acid groups is 1. The molecule has 482 valence electrons. The molecule has 0 fully saturated rings. The van der Waals surface area contributed by atoms with Crippen LogP contribution in [0.1, 0.15) is 316 Å². The Morgan fingerprint density at radius 3 is 1.16 bits per heavy atom. The zero-order chi connectivity index (χ0) is 60.7. The number of ether oxygens (including phenoxy) is 1. The van der Waals surface area contributed by atoms with Crippen molar-refractivity contribution in [1.82, 2.24) is 5.32 Å². The van der Waals surface area contributed by atoms with Gasteiger partial charge in [0.1, 0.15) is 19.3 Å². The Balaban J connectivity index is 5.17. The summed E-state index contributed by atoms with van der Waals surface area (Å²) in [5, 5.41) is 3.06. The molecule has 0 aromatic rings. The minimum Gasteiger partial charge on any atom is -0.456 e. The molecule has 0 aromatic carbocycles. The Morgan fingerprint density at radius 2 is 0.771 bits per heavy atom. The highest BCUT2D eigenvalue weighted by atomic mass is 31.2. The summed E-state index contributed by atoms with van der Waals surface area (Å²) in [7, 11) is 1.49. The minimum absolute atomic E-state index is 0.0352. The average molecular weight is 1180 g/mol. The Morgan fingerprint density at radius 1 is 0.434 bits per heavy atom. The monoisotopic (exact) mass is 1180 g/mol. The summed E-state index contributed by atoms with van der Waals surface area (Å²) >= 11 is 0. The summed E-state index contributed by atoms with van der Waals surface area (Å²) in [5.41, 5.74) is 0. The van der Waals surface area contributed by atoms with E-state index in [1.807, 2.05) is 33.3 Å². The number of hydrogen-bond donors (Lipinski definition) is 2. The lowest BCUT2D eigenvalue weighted by molar-refractivity contribution is -0.870. The molecule has 0 aliphatic rings. The first kappa shape index (κ1) is 80.2. The van der Waals surface area contributed by atoms with Crippen LogP contribution in [0, 0.1) is 0 Å². The molecule has 0 saturated carbocycles. The Labute approximate surface area is 514 Å². The van der Waals surface area contributed by atoms with Gasteiger partial charge < -0.3 is 19.4 Å². The summed E-state index contributed by atoms with van der Waals surface area (Å²) in [6.45, 7) is 6.92. The van der Waals surface area contributed by atoms with Crippen molar-refractivity contribution in [2.75, 3.05) is 40.9 Å². The minimum atomic E-state index is -4.46. The van der Waals surface area contributed by atoms with Crippen LogP contribution in [0.5, 0.6) is 0 Å². The molecule has 1 amide bonds. The number of carbonyl (C=O) groups excluding carboxylic acids is 2. The van der Waals surface area contributed by atoms with Crippen molar-refractivity contribution < 1.29 is 37.3 Å². The van der Waals surface area contributed by atoms with Gasteiger partial charge in [0.25, 0.3) is 0 Å². The molecule has 0 spiro atoms. The molecule has 0 saturated heterocycles. The molecule has 9 nitrogen and oxygen atoms in total. The molecule has 10 heteroatoms. The Bertz CT molecular complexity index is 1700. The van der Waals surface area contributed by atoms with Gasteiger partial charge in [0.15, 0.2) is 0 Å². The first-order valence-corrected chi connectivity index (χ1v) is 36.4. The molecule has 0 aliphatic heterocycles. The molecule has 0 aromatic heterocycles. The van der Waals surface area contributed by atoms with Gasteiger partial charge in [-0.2, -0.15) is 0 Å². The van der Waals surface area contributed by atoms with Crippen LogP contribution in [0.15, 0.2) is 85.1 Å². The highest BCUT2D eigenvalue weighted by Gasteiger charge is 2.30. The number of hydrogen-bond acceptors (Lipinski definition) is 6. The number of likely N-dealkylation sites (N-methyl/N-ethyl adjacent to an activating group) is 1. The Kier molecular flexibility index (Phi) is 60.1. The largest absolute Gasteiger partial charge is 0.472 e. The van der Waals surface area contributed by atoms with E-state index >= 15 is 0 Å². The molecule has 0 aliphatic carbocycles. The van der Waals surface area contributed by atoms with Crippen molar-refractivity contribution in [3.05, 3.63) is 85.1 Å². The summed E-state index contributed by atoms with van der Waals surface area (Å²) in [6, 6.07) is -0.860. The number of esters is 1. The van der Waals surface area contributed by atoms with Gasteiger partial charge in [-0.3, -0.25) is 18.6 Å². The second kappa shape index (κ2) is 62.2. The van der Waals surface area contributed by atoms with E-state index in [1.54, 1.807) is 0 Å². The number of quaternary nitrogens is 1. The highest BCUT2D eigenvalue weighted by Crippen LogP contribution is 2.43. The summed E-state index contributed by atoms with van der Waals surface area (Å²) in [5.74, 6) is -0.513. The van der Waals surface area contributed by atoms with E-state index in [-0.39, 0.29) is 31.5 Å². The molecule has 0 rings (SSSR count). The second-order valence-corrected chi connectivity index (χ2v) is 26.1. The molecule has 0 radical (unpaired) electrons. The molecule has 0 heterocycles. The van der Waals surface area contributed by atoms with Crippen LogP contribution in [-0.2, 0) is 27.9 Å². The maximum atomic E-state index is 13.6. The van der Waals surface area contributed by atoms with Gasteiger partial charge in [0.2, 0.25) is 5.91 Å². The third kappa shape index (κ3) is 63.5. The van der Waals surface area contributed by atoms with E-state index in [2.05, 4.69) is 99.0 Å². The number of phosphoric ester groups is 1. The third-order valence-corrected chi connectivity index (χ3v) is 16.3. The van der Waals surface area contributed by atoms with Crippen LogP contribution in [-0.4, -0.2) is 74.3 Å². The normalized spacial score (nSPS) is 14.1. The van der Waals surface area contributed by atoms with Gasteiger partial charge in [0, 0.05) is 12.8 Å². The fourth-order valence-electron chi connectivity index (χ4n) is 10.0. The lowest BCUT2D eigenvalue weighted by Gasteiger charge is -2.27. The van der Waals surface area contributed by atoms with Crippen LogP contribution >= 0.6 is 7.82 Å². The van der Waals surface area contributed by atoms with Crippen molar-refractivity contribution in [3.8, 4) is 0 Å². The van der Waals surface area contributed by atoms with Crippen LogP contribution in [0.3, 0.4) is 0 Å². The van der Waals surface area contributed by atoms with Gasteiger partial charge in [-0.1, -0.05) is 305 Å². The van der Waals surface area contributed by atoms with E-state index in [4.69, 9.17) is 13.8 Å². The van der Waals surface area contributed by atoms with Crippen LogP contribution in [0.25, 0.3) is 0 Å². The van der Waals surface area contributed by atoms with Crippen molar-refractivity contribution in [2.45, 2.75) is 328 Å². The first-order valence-electron chi connectivity index (χ1n) is 34.9. The zero-order valence-electron chi connectivity index (χ0n) is 55.2.